The number of sulfone groups is 1. The van der Waals surface area contributed by atoms with Crippen LogP contribution in [0.25, 0.3) is 0 Å². The molecule has 2 aromatic carbocycles. The van der Waals surface area contributed by atoms with E-state index in [1.165, 1.54) is 6.26 Å². The van der Waals surface area contributed by atoms with Crippen molar-refractivity contribution in [3.05, 3.63) is 48.0 Å². The molecule has 20 heavy (non-hydrogen) atoms. The Kier molecular flexibility index (Phi) is 3.85. The van der Waals surface area contributed by atoms with E-state index in [0.29, 0.717) is 22.8 Å². The molecule has 5 nitrogen and oxygen atoms in total. The standard InChI is InChI=1S/C14H17N3O2S/c1-20(18,19)12-5-2-10(3-6-12)9-17-11-4-7-13(15)14(16)8-11/h2-8,17H,9,15-16H2,1H3. The highest BCUT2D eigenvalue weighted by Gasteiger charge is 2.06. The van der Waals surface area contributed by atoms with Gasteiger partial charge in [-0.25, -0.2) is 8.42 Å². The number of rotatable bonds is 4. The third-order valence-electron chi connectivity index (χ3n) is 2.93. The summed E-state index contributed by atoms with van der Waals surface area (Å²) in [5.74, 6) is 0. The van der Waals surface area contributed by atoms with Gasteiger partial charge in [-0.1, -0.05) is 12.1 Å². The molecule has 0 aliphatic heterocycles. The summed E-state index contributed by atoms with van der Waals surface area (Å²) < 4.78 is 22.7. The maximum Gasteiger partial charge on any atom is 0.175 e. The van der Waals surface area contributed by atoms with Crippen LogP contribution in [0.2, 0.25) is 0 Å². The SMILES string of the molecule is CS(=O)(=O)c1ccc(CNc2ccc(N)c(N)c2)cc1. The predicted molar refractivity (Wildman–Crippen MR) is 82.1 cm³/mol. The van der Waals surface area contributed by atoms with Crippen molar-refractivity contribution in [2.75, 3.05) is 23.0 Å². The summed E-state index contributed by atoms with van der Waals surface area (Å²) in [5.41, 5.74) is 14.3. The summed E-state index contributed by atoms with van der Waals surface area (Å²) >= 11 is 0. The quantitative estimate of drug-likeness (QED) is 0.747. The summed E-state index contributed by atoms with van der Waals surface area (Å²) in [6.45, 7) is 0.577. The number of nitrogens with one attached hydrogen (secondary N) is 1. The molecule has 0 aliphatic rings. The lowest BCUT2D eigenvalue weighted by atomic mass is 10.2. The highest BCUT2D eigenvalue weighted by Crippen LogP contribution is 2.20. The molecule has 0 spiro atoms. The molecule has 6 heteroatoms. The van der Waals surface area contributed by atoms with E-state index < -0.39 is 9.84 Å². The predicted octanol–water partition coefficient (Wildman–Crippen LogP) is 1.87. The van der Waals surface area contributed by atoms with Gasteiger partial charge in [0.15, 0.2) is 9.84 Å². The van der Waals surface area contributed by atoms with Crippen molar-refractivity contribution in [2.24, 2.45) is 0 Å². The minimum atomic E-state index is -3.15. The maximum atomic E-state index is 11.4. The number of hydrogen-bond donors (Lipinski definition) is 3. The minimum absolute atomic E-state index is 0.318. The van der Waals surface area contributed by atoms with Crippen molar-refractivity contribution >= 4 is 26.9 Å². The number of nitrogens with two attached hydrogens (primary N) is 2. The third-order valence-corrected chi connectivity index (χ3v) is 4.06. The molecule has 0 heterocycles. The molecule has 0 saturated heterocycles. The second kappa shape index (κ2) is 5.42. The van der Waals surface area contributed by atoms with E-state index in [1.54, 1.807) is 36.4 Å². The van der Waals surface area contributed by atoms with Crippen molar-refractivity contribution in [3.63, 3.8) is 0 Å². The zero-order chi connectivity index (χ0) is 14.8. The monoisotopic (exact) mass is 291 g/mol. The summed E-state index contributed by atoms with van der Waals surface area (Å²) in [6.07, 6.45) is 1.19. The van der Waals surface area contributed by atoms with Gasteiger partial charge in [0.05, 0.1) is 16.3 Å². The second-order valence-corrected chi connectivity index (χ2v) is 6.63. The lowest BCUT2D eigenvalue weighted by Crippen LogP contribution is -2.02. The normalized spacial score (nSPS) is 11.2. The Morgan fingerprint density at radius 1 is 1.00 bits per heavy atom. The van der Waals surface area contributed by atoms with E-state index in [1.807, 2.05) is 6.07 Å². The first kappa shape index (κ1) is 14.2. The van der Waals surface area contributed by atoms with Crippen LogP contribution in [0.3, 0.4) is 0 Å². The van der Waals surface area contributed by atoms with Gasteiger partial charge in [0.2, 0.25) is 0 Å². The molecule has 2 aromatic rings. The molecular formula is C14H17N3O2S. The van der Waals surface area contributed by atoms with E-state index in [2.05, 4.69) is 5.32 Å². The summed E-state index contributed by atoms with van der Waals surface area (Å²) in [6, 6.07) is 12.1. The Labute approximate surface area is 118 Å². The Bertz CT molecular complexity index is 710. The van der Waals surface area contributed by atoms with Crippen LogP contribution in [0.4, 0.5) is 17.1 Å². The van der Waals surface area contributed by atoms with Gasteiger partial charge in [-0.05, 0) is 35.9 Å². The van der Waals surface area contributed by atoms with E-state index in [-0.39, 0.29) is 0 Å². The molecule has 0 fully saturated rings. The van der Waals surface area contributed by atoms with E-state index in [0.717, 1.165) is 11.3 Å². The van der Waals surface area contributed by atoms with Crippen LogP contribution < -0.4 is 16.8 Å². The zero-order valence-corrected chi connectivity index (χ0v) is 11.9. The van der Waals surface area contributed by atoms with E-state index in [9.17, 15) is 8.42 Å². The molecule has 5 N–H and O–H groups in total. The van der Waals surface area contributed by atoms with Gasteiger partial charge in [-0.3, -0.25) is 0 Å². The molecule has 106 valence electrons. The Morgan fingerprint density at radius 3 is 2.20 bits per heavy atom. The molecule has 0 aliphatic carbocycles. The van der Waals surface area contributed by atoms with Gasteiger partial charge in [-0.15, -0.1) is 0 Å². The van der Waals surface area contributed by atoms with Gasteiger partial charge in [-0.2, -0.15) is 0 Å². The van der Waals surface area contributed by atoms with Crippen molar-refractivity contribution in [2.45, 2.75) is 11.4 Å². The maximum absolute atomic E-state index is 11.4. The van der Waals surface area contributed by atoms with Crippen LogP contribution in [-0.4, -0.2) is 14.7 Å². The average molecular weight is 291 g/mol. The molecule has 2 rings (SSSR count). The highest BCUT2D eigenvalue weighted by atomic mass is 32.2. The van der Waals surface area contributed by atoms with E-state index in [4.69, 9.17) is 11.5 Å². The van der Waals surface area contributed by atoms with Crippen LogP contribution in [0.5, 0.6) is 0 Å². The zero-order valence-electron chi connectivity index (χ0n) is 11.1. The highest BCUT2D eigenvalue weighted by molar-refractivity contribution is 7.90. The van der Waals surface area contributed by atoms with E-state index >= 15 is 0 Å². The third kappa shape index (κ3) is 3.42. The number of nitrogen functional groups attached to an aromatic ring is 2. The van der Waals surface area contributed by atoms with Crippen LogP contribution in [0.1, 0.15) is 5.56 Å². The smallest absolute Gasteiger partial charge is 0.175 e. The molecule has 0 saturated carbocycles. The van der Waals surface area contributed by atoms with Crippen molar-refractivity contribution in [3.8, 4) is 0 Å². The lowest BCUT2D eigenvalue weighted by molar-refractivity contribution is 0.602. The number of benzene rings is 2. The fourth-order valence-corrected chi connectivity index (χ4v) is 2.37. The molecule has 0 atom stereocenters. The number of anilines is 3. The summed E-state index contributed by atoms with van der Waals surface area (Å²) in [7, 11) is -3.15. The fraction of sp³-hybridized carbons (Fsp3) is 0.143. The van der Waals surface area contributed by atoms with Gasteiger partial charge >= 0.3 is 0 Å². The molecular weight excluding hydrogens is 274 g/mol. The first-order valence-electron chi connectivity index (χ1n) is 6.04. The molecule has 0 amide bonds. The Hall–Kier alpha value is -2.21. The average Bonchev–Trinajstić information content (AvgIpc) is 2.40. The van der Waals surface area contributed by atoms with Gasteiger partial charge in [0.1, 0.15) is 0 Å². The summed E-state index contributed by atoms with van der Waals surface area (Å²) in [5, 5.41) is 3.20. The topological polar surface area (TPSA) is 98.2 Å². The van der Waals surface area contributed by atoms with Gasteiger partial charge in [0.25, 0.3) is 0 Å². The first-order chi connectivity index (χ1) is 9.36. The van der Waals surface area contributed by atoms with Crippen LogP contribution >= 0.6 is 0 Å². The summed E-state index contributed by atoms with van der Waals surface area (Å²) in [4.78, 5) is 0.318. The van der Waals surface area contributed by atoms with Crippen LogP contribution in [-0.2, 0) is 16.4 Å². The van der Waals surface area contributed by atoms with Crippen molar-refractivity contribution in [1.82, 2.24) is 0 Å². The molecule has 0 unspecified atom stereocenters. The number of hydrogen-bond acceptors (Lipinski definition) is 5. The van der Waals surface area contributed by atoms with Gasteiger partial charge in [0, 0.05) is 18.5 Å². The minimum Gasteiger partial charge on any atom is -0.397 e. The first-order valence-corrected chi connectivity index (χ1v) is 7.93. The second-order valence-electron chi connectivity index (χ2n) is 4.61. The Morgan fingerprint density at radius 2 is 1.65 bits per heavy atom. The van der Waals surface area contributed by atoms with Crippen LogP contribution in [0, 0.1) is 0 Å². The molecule has 0 bridgehead atoms. The Balaban J connectivity index is 2.06. The van der Waals surface area contributed by atoms with Crippen molar-refractivity contribution < 1.29 is 8.42 Å². The molecule has 0 radical (unpaired) electrons. The lowest BCUT2D eigenvalue weighted by Gasteiger charge is -2.09. The van der Waals surface area contributed by atoms with Gasteiger partial charge < -0.3 is 16.8 Å². The molecule has 0 aromatic heterocycles. The largest absolute Gasteiger partial charge is 0.397 e. The fourth-order valence-electron chi connectivity index (χ4n) is 1.74. The van der Waals surface area contributed by atoms with Crippen molar-refractivity contribution in [1.29, 1.82) is 0 Å². The van der Waals surface area contributed by atoms with Crippen LogP contribution in [0.15, 0.2) is 47.4 Å².